The highest BCUT2D eigenvalue weighted by molar-refractivity contribution is 5.78. The van der Waals surface area contributed by atoms with Crippen LogP contribution in [0.15, 0.2) is 18.2 Å². The summed E-state index contributed by atoms with van der Waals surface area (Å²) < 4.78 is 5.62. The Labute approximate surface area is 119 Å². The Bertz CT molecular complexity index is 497. The second kappa shape index (κ2) is 5.83. The lowest BCUT2D eigenvalue weighted by Gasteiger charge is -2.25. The minimum atomic E-state index is -0.0182. The molecule has 1 fully saturated rings. The second-order valence-electron chi connectivity index (χ2n) is 5.72. The zero-order valence-corrected chi connectivity index (χ0v) is 11.9. The number of aryl methyl sites for hydroxylation is 1. The molecule has 0 heterocycles. The molecule has 0 saturated heterocycles. The zero-order chi connectivity index (χ0) is 13.9. The maximum absolute atomic E-state index is 11.6. The third-order valence-corrected chi connectivity index (χ3v) is 4.09. The summed E-state index contributed by atoms with van der Waals surface area (Å²) in [5.41, 5.74) is 2.71. The van der Waals surface area contributed by atoms with Gasteiger partial charge in [0.15, 0.2) is 6.61 Å². The summed E-state index contributed by atoms with van der Waals surface area (Å²) in [7, 11) is 2.00. The van der Waals surface area contributed by atoms with Gasteiger partial charge < -0.3 is 15.4 Å². The van der Waals surface area contributed by atoms with E-state index in [4.69, 9.17) is 4.74 Å². The lowest BCUT2D eigenvalue weighted by molar-refractivity contribution is -0.123. The van der Waals surface area contributed by atoms with Gasteiger partial charge in [0.25, 0.3) is 5.91 Å². The number of fused-ring (bicyclic) bond motifs is 1. The first kappa shape index (κ1) is 13.4. The molecule has 1 saturated carbocycles. The topological polar surface area (TPSA) is 50.4 Å². The highest BCUT2D eigenvalue weighted by Gasteiger charge is 2.23. The second-order valence-corrected chi connectivity index (χ2v) is 5.72. The van der Waals surface area contributed by atoms with Gasteiger partial charge in [-0.2, -0.15) is 0 Å². The maximum Gasteiger partial charge on any atom is 0.258 e. The van der Waals surface area contributed by atoms with Crippen molar-refractivity contribution in [3.63, 3.8) is 0 Å². The summed E-state index contributed by atoms with van der Waals surface area (Å²) >= 11 is 0. The van der Waals surface area contributed by atoms with Crippen molar-refractivity contribution >= 4 is 5.91 Å². The standard InChI is InChI=1S/C16H22N2O2/c1-17-15-4-2-3-11-5-8-13(9-14(11)15)20-10-16(19)18-12-6-7-12/h5,8-9,12,15,17H,2-4,6-7,10H2,1H3,(H,18,19). The van der Waals surface area contributed by atoms with E-state index in [2.05, 4.69) is 22.8 Å². The van der Waals surface area contributed by atoms with E-state index in [1.807, 2.05) is 13.1 Å². The van der Waals surface area contributed by atoms with Crippen molar-refractivity contribution in [1.82, 2.24) is 10.6 Å². The summed E-state index contributed by atoms with van der Waals surface area (Å²) in [5.74, 6) is 0.771. The third-order valence-electron chi connectivity index (χ3n) is 4.09. The van der Waals surface area contributed by atoms with Crippen molar-refractivity contribution in [1.29, 1.82) is 0 Å². The van der Waals surface area contributed by atoms with Gasteiger partial charge in [0.1, 0.15) is 5.75 Å². The molecule has 1 aromatic rings. The number of nitrogens with one attached hydrogen (secondary N) is 2. The van der Waals surface area contributed by atoms with Crippen LogP contribution in [0.25, 0.3) is 0 Å². The average Bonchev–Trinajstić information content (AvgIpc) is 3.28. The van der Waals surface area contributed by atoms with Crippen LogP contribution >= 0.6 is 0 Å². The van der Waals surface area contributed by atoms with E-state index >= 15 is 0 Å². The molecular weight excluding hydrogens is 252 g/mol. The van der Waals surface area contributed by atoms with Gasteiger partial charge in [0, 0.05) is 12.1 Å². The van der Waals surface area contributed by atoms with Crippen LogP contribution in [0.1, 0.15) is 42.9 Å². The monoisotopic (exact) mass is 274 g/mol. The first-order valence-corrected chi connectivity index (χ1v) is 7.48. The number of rotatable bonds is 5. The summed E-state index contributed by atoms with van der Waals surface area (Å²) in [6.07, 6.45) is 5.73. The van der Waals surface area contributed by atoms with Gasteiger partial charge in [-0.15, -0.1) is 0 Å². The molecule has 4 nitrogen and oxygen atoms in total. The number of hydrogen-bond acceptors (Lipinski definition) is 3. The number of ether oxygens (including phenoxy) is 1. The smallest absolute Gasteiger partial charge is 0.258 e. The molecular formula is C16H22N2O2. The molecule has 1 amide bonds. The van der Waals surface area contributed by atoms with Crippen LogP contribution in [-0.4, -0.2) is 25.6 Å². The molecule has 2 aliphatic carbocycles. The van der Waals surface area contributed by atoms with E-state index in [9.17, 15) is 4.79 Å². The van der Waals surface area contributed by atoms with E-state index in [0.29, 0.717) is 12.1 Å². The Balaban J connectivity index is 1.63. The van der Waals surface area contributed by atoms with Crippen LogP contribution < -0.4 is 15.4 Å². The SMILES string of the molecule is CNC1CCCc2ccc(OCC(=O)NC3CC3)cc21. The van der Waals surface area contributed by atoms with Crippen LogP contribution in [0.3, 0.4) is 0 Å². The lowest BCUT2D eigenvalue weighted by Crippen LogP contribution is -2.30. The Morgan fingerprint density at radius 3 is 2.95 bits per heavy atom. The van der Waals surface area contributed by atoms with Crippen molar-refractivity contribution in [3.8, 4) is 5.75 Å². The van der Waals surface area contributed by atoms with Gasteiger partial charge in [0.2, 0.25) is 0 Å². The number of benzene rings is 1. The predicted octanol–water partition coefficient (Wildman–Crippen LogP) is 1.94. The Hall–Kier alpha value is -1.55. The fourth-order valence-corrected chi connectivity index (χ4v) is 2.81. The first-order valence-electron chi connectivity index (χ1n) is 7.48. The molecule has 3 rings (SSSR count). The normalized spacial score (nSPS) is 21.1. The summed E-state index contributed by atoms with van der Waals surface area (Å²) in [4.78, 5) is 11.6. The zero-order valence-electron chi connectivity index (χ0n) is 11.9. The van der Waals surface area contributed by atoms with Crippen molar-refractivity contribution in [3.05, 3.63) is 29.3 Å². The van der Waals surface area contributed by atoms with Crippen LogP contribution in [-0.2, 0) is 11.2 Å². The van der Waals surface area contributed by atoms with Gasteiger partial charge in [-0.05, 0) is 62.4 Å². The van der Waals surface area contributed by atoms with E-state index in [0.717, 1.165) is 31.4 Å². The highest BCUT2D eigenvalue weighted by atomic mass is 16.5. The van der Waals surface area contributed by atoms with Crippen LogP contribution in [0.2, 0.25) is 0 Å². The van der Waals surface area contributed by atoms with Crippen molar-refractivity contribution in [2.24, 2.45) is 0 Å². The Kier molecular flexibility index (Phi) is 3.92. The summed E-state index contributed by atoms with van der Waals surface area (Å²) in [5, 5.41) is 6.28. The fourth-order valence-electron chi connectivity index (χ4n) is 2.81. The molecule has 0 radical (unpaired) electrons. The predicted molar refractivity (Wildman–Crippen MR) is 77.8 cm³/mol. The quantitative estimate of drug-likeness (QED) is 0.862. The van der Waals surface area contributed by atoms with Gasteiger partial charge in [0.05, 0.1) is 0 Å². The van der Waals surface area contributed by atoms with Crippen LogP contribution in [0.5, 0.6) is 5.75 Å². The molecule has 0 aliphatic heterocycles. The molecule has 0 aromatic heterocycles. The number of carbonyl (C=O) groups excluding carboxylic acids is 1. The van der Waals surface area contributed by atoms with Gasteiger partial charge in [-0.25, -0.2) is 0 Å². The van der Waals surface area contributed by atoms with E-state index in [1.165, 1.54) is 17.5 Å². The van der Waals surface area contributed by atoms with E-state index < -0.39 is 0 Å². The van der Waals surface area contributed by atoms with Gasteiger partial charge in [-0.1, -0.05) is 6.07 Å². The minimum Gasteiger partial charge on any atom is -0.484 e. The van der Waals surface area contributed by atoms with Gasteiger partial charge >= 0.3 is 0 Å². The third kappa shape index (κ3) is 3.12. The molecule has 2 aliphatic rings. The first-order chi connectivity index (χ1) is 9.76. The molecule has 1 aromatic carbocycles. The maximum atomic E-state index is 11.6. The summed E-state index contributed by atoms with van der Waals surface area (Å²) in [6.45, 7) is 0.111. The molecule has 1 unspecified atom stereocenters. The molecule has 20 heavy (non-hydrogen) atoms. The molecule has 108 valence electrons. The molecule has 0 bridgehead atoms. The van der Waals surface area contributed by atoms with Gasteiger partial charge in [-0.3, -0.25) is 4.79 Å². The fraction of sp³-hybridized carbons (Fsp3) is 0.562. The van der Waals surface area contributed by atoms with Crippen molar-refractivity contribution < 1.29 is 9.53 Å². The van der Waals surface area contributed by atoms with Crippen LogP contribution in [0.4, 0.5) is 0 Å². The molecule has 0 spiro atoms. The molecule has 4 heteroatoms. The largest absolute Gasteiger partial charge is 0.484 e. The Morgan fingerprint density at radius 2 is 2.20 bits per heavy atom. The summed E-state index contributed by atoms with van der Waals surface area (Å²) in [6, 6.07) is 6.99. The minimum absolute atomic E-state index is 0.0182. The molecule has 2 N–H and O–H groups in total. The number of carbonyl (C=O) groups is 1. The van der Waals surface area contributed by atoms with E-state index in [1.54, 1.807) is 0 Å². The Morgan fingerprint density at radius 1 is 1.35 bits per heavy atom. The number of amides is 1. The van der Waals surface area contributed by atoms with Crippen molar-refractivity contribution in [2.75, 3.05) is 13.7 Å². The van der Waals surface area contributed by atoms with Crippen LogP contribution in [0, 0.1) is 0 Å². The average molecular weight is 274 g/mol. The number of hydrogen-bond donors (Lipinski definition) is 2. The van der Waals surface area contributed by atoms with E-state index in [-0.39, 0.29) is 12.5 Å². The highest BCUT2D eigenvalue weighted by Crippen LogP contribution is 2.32. The molecule has 1 atom stereocenters. The van der Waals surface area contributed by atoms with Crippen molar-refractivity contribution in [2.45, 2.75) is 44.2 Å². The lowest BCUT2D eigenvalue weighted by atomic mass is 9.87.